The van der Waals surface area contributed by atoms with Crippen LogP contribution in [0.3, 0.4) is 0 Å². The van der Waals surface area contributed by atoms with Crippen molar-refractivity contribution in [1.82, 2.24) is 9.88 Å². The number of carbonyl (C=O) groups is 2. The highest BCUT2D eigenvalue weighted by atomic mass is 19.4. The third kappa shape index (κ3) is 4.73. The van der Waals surface area contributed by atoms with Crippen LogP contribution < -0.4 is 9.84 Å². The minimum atomic E-state index is -4.42. The van der Waals surface area contributed by atoms with Crippen molar-refractivity contribution in [3.8, 4) is 17.0 Å². The molecule has 0 saturated heterocycles. The maximum atomic E-state index is 13.2. The van der Waals surface area contributed by atoms with Gasteiger partial charge in [-0.3, -0.25) is 9.78 Å². The van der Waals surface area contributed by atoms with Crippen molar-refractivity contribution in [2.24, 2.45) is 0 Å². The van der Waals surface area contributed by atoms with E-state index in [1.54, 1.807) is 36.1 Å². The summed E-state index contributed by atoms with van der Waals surface area (Å²) < 4.78 is 42.2. The number of carbonyl (C=O) groups excluding carboxylic acids is 2. The van der Waals surface area contributed by atoms with E-state index in [1.807, 2.05) is 13.0 Å². The fraction of sp³-hybridized carbons (Fsp3) is 0.240. The molecular weight excluding hydrogens is 449 g/mol. The van der Waals surface area contributed by atoms with Crippen molar-refractivity contribution < 1.29 is 32.6 Å². The first-order chi connectivity index (χ1) is 16.0. The van der Waals surface area contributed by atoms with Gasteiger partial charge in [0.05, 0.1) is 17.7 Å². The summed E-state index contributed by atoms with van der Waals surface area (Å²) in [6, 6.07) is 12.5. The van der Waals surface area contributed by atoms with Crippen LogP contribution in [-0.4, -0.2) is 34.5 Å². The first-order valence-electron chi connectivity index (χ1n) is 10.5. The van der Waals surface area contributed by atoms with Crippen LogP contribution in [0, 0.1) is 6.92 Å². The number of fused-ring (bicyclic) bond motifs is 1. The first kappa shape index (κ1) is 23.3. The molecule has 176 valence electrons. The molecule has 2 aromatic carbocycles. The Bertz CT molecular complexity index is 1270. The summed E-state index contributed by atoms with van der Waals surface area (Å²) in [5.74, 6) is -1.37. The predicted octanol–water partition coefficient (Wildman–Crippen LogP) is 4.08. The Morgan fingerprint density at radius 1 is 1.18 bits per heavy atom. The van der Waals surface area contributed by atoms with Crippen LogP contribution >= 0.6 is 0 Å². The van der Waals surface area contributed by atoms with Crippen molar-refractivity contribution in [3.63, 3.8) is 0 Å². The summed E-state index contributed by atoms with van der Waals surface area (Å²) in [7, 11) is 0. The Morgan fingerprint density at radius 2 is 1.94 bits per heavy atom. The number of ether oxygens (including phenoxy) is 1. The SMILES string of the molecule is Cc1cc(C(C)N2Cc3ccc(-c4cc(C(=O)[O-])ccn4)cc3C2=O)ccc1OCC(F)(F)F. The number of halogens is 3. The smallest absolute Gasteiger partial charge is 0.422 e. The van der Waals surface area contributed by atoms with Gasteiger partial charge in [0.2, 0.25) is 0 Å². The molecule has 1 aliphatic rings. The van der Waals surface area contributed by atoms with Crippen LogP contribution in [-0.2, 0) is 6.54 Å². The second-order valence-corrected chi connectivity index (χ2v) is 8.13. The lowest BCUT2D eigenvalue weighted by molar-refractivity contribution is -0.255. The second kappa shape index (κ2) is 8.81. The van der Waals surface area contributed by atoms with E-state index in [-0.39, 0.29) is 23.3 Å². The lowest BCUT2D eigenvalue weighted by Gasteiger charge is -2.25. The molecule has 0 fully saturated rings. The molecule has 3 aromatic rings. The molecule has 9 heteroatoms. The Labute approximate surface area is 193 Å². The molecule has 0 bridgehead atoms. The van der Waals surface area contributed by atoms with Gasteiger partial charge in [-0.2, -0.15) is 13.2 Å². The number of carboxylic acid groups (broad SMARTS) is 1. The molecule has 1 atom stereocenters. The largest absolute Gasteiger partial charge is 0.545 e. The van der Waals surface area contributed by atoms with Crippen molar-refractivity contribution >= 4 is 11.9 Å². The van der Waals surface area contributed by atoms with Gasteiger partial charge in [-0.25, -0.2) is 0 Å². The molecule has 0 saturated carbocycles. The third-order valence-corrected chi connectivity index (χ3v) is 5.77. The summed E-state index contributed by atoms with van der Waals surface area (Å²) >= 11 is 0. The zero-order chi connectivity index (χ0) is 24.6. The molecule has 0 radical (unpaired) electrons. The number of aromatic nitrogens is 1. The van der Waals surface area contributed by atoms with E-state index >= 15 is 0 Å². The number of rotatable bonds is 6. The number of amides is 1. The molecular formula is C25H20F3N2O4-. The van der Waals surface area contributed by atoms with Gasteiger partial charge in [0.25, 0.3) is 5.91 Å². The molecule has 0 N–H and O–H groups in total. The summed E-state index contributed by atoms with van der Waals surface area (Å²) in [5.41, 5.74) is 3.62. The quantitative estimate of drug-likeness (QED) is 0.544. The number of hydrogen-bond donors (Lipinski definition) is 0. The number of aryl methyl sites for hydroxylation is 1. The average Bonchev–Trinajstić information content (AvgIpc) is 3.13. The van der Waals surface area contributed by atoms with Crippen LogP contribution in [0.25, 0.3) is 11.3 Å². The molecule has 1 unspecified atom stereocenters. The molecule has 0 aliphatic carbocycles. The third-order valence-electron chi connectivity index (χ3n) is 5.77. The van der Waals surface area contributed by atoms with Gasteiger partial charge >= 0.3 is 6.18 Å². The summed E-state index contributed by atoms with van der Waals surface area (Å²) in [6.45, 7) is 2.50. The van der Waals surface area contributed by atoms with Crippen LogP contribution in [0.15, 0.2) is 54.7 Å². The molecule has 4 rings (SSSR count). The fourth-order valence-corrected chi connectivity index (χ4v) is 3.94. The summed E-state index contributed by atoms with van der Waals surface area (Å²) in [4.78, 5) is 30.2. The lowest BCUT2D eigenvalue weighted by Crippen LogP contribution is -2.27. The highest BCUT2D eigenvalue weighted by Gasteiger charge is 2.32. The molecule has 6 nitrogen and oxygen atoms in total. The fourth-order valence-electron chi connectivity index (χ4n) is 3.94. The molecule has 1 aromatic heterocycles. The Kier molecular flexibility index (Phi) is 6.03. The standard InChI is InChI=1S/C25H21F3N2O4/c1-14-9-16(5-6-22(14)34-13-25(26,27)28)15(2)30-12-19-4-3-17(10-20(19)23(30)31)21-11-18(24(32)33)7-8-29-21/h3-11,15H,12-13H2,1-2H3,(H,32,33)/p-1. The summed E-state index contributed by atoms with van der Waals surface area (Å²) in [6.07, 6.45) is -3.05. The second-order valence-electron chi connectivity index (χ2n) is 8.13. The number of benzene rings is 2. The molecule has 0 spiro atoms. The van der Waals surface area contributed by atoms with Gasteiger partial charge in [0, 0.05) is 29.4 Å². The van der Waals surface area contributed by atoms with E-state index in [0.29, 0.717) is 28.9 Å². The molecule has 1 amide bonds. The van der Waals surface area contributed by atoms with E-state index in [2.05, 4.69) is 4.98 Å². The van der Waals surface area contributed by atoms with Gasteiger partial charge in [-0.15, -0.1) is 0 Å². The molecule has 2 heterocycles. The number of alkyl halides is 3. The predicted molar refractivity (Wildman–Crippen MR) is 115 cm³/mol. The summed E-state index contributed by atoms with van der Waals surface area (Å²) in [5, 5.41) is 11.1. The zero-order valence-electron chi connectivity index (χ0n) is 18.3. The lowest BCUT2D eigenvalue weighted by atomic mass is 10.0. The van der Waals surface area contributed by atoms with Gasteiger partial charge in [0.15, 0.2) is 6.61 Å². The number of nitrogens with zero attached hydrogens (tertiary/aromatic N) is 2. The van der Waals surface area contributed by atoms with Gasteiger partial charge in [-0.05, 0) is 54.8 Å². The number of aromatic carboxylic acids is 1. The molecule has 1 aliphatic heterocycles. The van der Waals surface area contributed by atoms with E-state index in [0.717, 1.165) is 11.1 Å². The van der Waals surface area contributed by atoms with E-state index in [9.17, 15) is 27.9 Å². The van der Waals surface area contributed by atoms with Gasteiger partial charge < -0.3 is 19.5 Å². The van der Waals surface area contributed by atoms with Crippen LogP contribution in [0.2, 0.25) is 0 Å². The minimum Gasteiger partial charge on any atom is -0.545 e. The highest BCUT2D eigenvalue weighted by Crippen LogP contribution is 2.35. The Hall–Kier alpha value is -3.88. The van der Waals surface area contributed by atoms with Crippen molar-refractivity contribution in [2.45, 2.75) is 32.6 Å². The first-order valence-corrected chi connectivity index (χ1v) is 10.5. The Morgan fingerprint density at radius 3 is 2.62 bits per heavy atom. The topological polar surface area (TPSA) is 82.6 Å². The normalized spacial score (nSPS) is 14.1. The number of hydrogen-bond acceptors (Lipinski definition) is 5. The van der Waals surface area contributed by atoms with Gasteiger partial charge in [0.1, 0.15) is 5.75 Å². The zero-order valence-corrected chi connectivity index (χ0v) is 18.3. The monoisotopic (exact) mass is 469 g/mol. The Balaban J connectivity index is 1.55. The van der Waals surface area contributed by atoms with E-state index in [1.165, 1.54) is 24.4 Å². The van der Waals surface area contributed by atoms with Gasteiger partial charge in [-0.1, -0.05) is 24.3 Å². The number of pyridine rings is 1. The van der Waals surface area contributed by atoms with E-state index < -0.39 is 18.8 Å². The minimum absolute atomic E-state index is 0.00916. The van der Waals surface area contributed by atoms with Crippen molar-refractivity contribution in [1.29, 1.82) is 0 Å². The van der Waals surface area contributed by atoms with E-state index in [4.69, 9.17) is 4.74 Å². The average molecular weight is 469 g/mol. The highest BCUT2D eigenvalue weighted by molar-refractivity contribution is 5.99. The van der Waals surface area contributed by atoms with Crippen LogP contribution in [0.1, 0.15) is 50.4 Å². The number of carboxylic acids is 1. The maximum absolute atomic E-state index is 13.2. The van der Waals surface area contributed by atoms with Crippen LogP contribution in [0.4, 0.5) is 13.2 Å². The van der Waals surface area contributed by atoms with Crippen LogP contribution in [0.5, 0.6) is 5.75 Å². The molecule has 34 heavy (non-hydrogen) atoms. The van der Waals surface area contributed by atoms with Crippen molar-refractivity contribution in [2.75, 3.05) is 6.61 Å². The maximum Gasteiger partial charge on any atom is 0.422 e. The van der Waals surface area contributed by atoms with Crippen molar-refractivity contribution in [3.05, 3.63) is 82.5 Å².